The van der Waals surface area contributed by atoms with E-state index in [1.165, 1.54) is 6.08 Å². The molecule has 0 radical (unpaired) electrons. The van der Waals surface area contributed by atoms with Crippen LogP contribution in [0.2, 0.25) is 0 Å². The standard InChI is InChI=1S/C16H19NO5/c1-3-20-13-8-12-6-10(2)22-14(12)7-11(13)4-5-16(19)21-9-15(17)18/h4-5,7-8,10H,3,6,9H2,1-2H3,(H2,17,18)/b5-4+/t10-/m0/s1. The van der Waals surface area contributed by atoms with Gasteiger partial charge in [-0.05, 0) is 32.1 Å². The summed E-state index contributed by atoms with van der Waals surface area (Å²) in [6.07, 6.45) is 3.76. The van der Waals surface area contributed by atoms with Crippen LogP contribution in [0.5, 0.6) is 11.5 Å². The van der Waals surface area contributed by atoms with Crippen molar-refractivity contribution in [3.63, 3.8) is 0 Å². The number of nitrogens with two attached hydrogens (primary N) is 1. The fourth-order valence-corrected chi connectivity index (χ4v) is 2.21. The maximum Gasteiger partial charge on any atom is 0.331 e. The van der Waals surface area contributed by atoms with Crippen LogP contribution >= 0.6 is 0 Å². The summed E-state index contributed by atoms with van der Waals surface area (Å²) in [6.45, 7) is 3.96. The number of fused-ring (bicyclic) bond motifs is 1. The Hall–Kier alpha value is -2.50. The van der Waals surface area contributed by atoms with E-state index in [1.54, 1.807) is 6.08 Å². The van der Waals surface area contributed by atoms with Crippen LogP contribution in [0, 0.1) is 0 Å². The highest BCUT2D eigenvalue weighted by atomic mass is 16.5. The van der Waals surface area contributed by atoms with Crippen molar-refractivity contribution < 1.29 is 23.8 Å². The minimum Gasteiger partial charge on any atom is -0.493 e. The lowest BCUT2D eigenvalue weighted by Gasteiger charge is -2.10. The second-order valence-corrected chi connectivity index (χ2v) is 4.97. The molecule has 0 aliphatic carbocycles. The van der Waals surface area contributed by atoms with Crippen LogP contribution in [0.1, 0.15) is 25.0 Å². The average molecular weight is 305 g/mol. The van der Waals surface area contributed by atoms with Gasteiger partial charge in [0.05, 0.1) is 6.61 Å². The number of benzene rings is 1. The highest BCUT2D eigenvalue weighted by Crippen LogP contribution is 2.35. The van der Waals surface area contributed by atoms with Gasteiger partial charge in [0.25, 0.3) is 5.91 Å². The first-order valence-electron chi connectivity index (χ1n) is 7.09. The Balaban J connectivity index is 2.17. The maximum absolute atomic E-state index is 11.5. The van der Waals surface area contributed by atoms with E-state index in [9.17, 15) is 9.59 Å². The smallest absolute Gasteiger partial charge is 0.331 e. The van der Waals surface area contributed by atoms with Crippen LogP contribution in [0.4, 0.5) is 0 Å². The Morgan fingerprint density at radius 3 is 2.91 bits per heavy atom. The fraction of sp³-hybridized carbons (Fsp3) is 0.375. The van der Waals surface area contributed by atoms with Gasteiger partial charge < -0.3 is 19.9 Å². The first-order valence-corrected chi connectivity index (χ1v) is 7.09. The number of carbonyl (C=O) groups is 2. The lowest BCUT2D eigenvalue weighted by Crippen LogP contribution is -2.19. The fourth-order valence-electron chi connectivity index (χ4n) is 2.21. The normalized spacial score (nSPS) is 16.2. The molecular weight excluding hydrogens is 286 g/mol. The van der Waals surface area contributed by atoms with Crippen molar-refractivity contribution in [1.29, 1.82) is 0 Å². The number of hydrogen-bond acceptors (Lipinski definition) is 5. The summed E-state index contributed by atoms with van der Waals surface area (Å²) in [6, 6.07) is 3.76. The third-order valence-corrected chi connectivity index (χ3v) is 3.08. The molecule has 1 aliphatic heterocycles. The predicted octanol–water partition coefficient (Wildman–Crippen LogP) is 1.45. The van der Waals surface area contributed by atoms with E-state index in [2.05, 4.69) is 4.74 Å². The van der Waals surface area contributed by atoms with E-state index < -0.39 is 18.5 Å². The second-order valence-electron chi connectivity index (χ2n) is 4.97. The van der Waals surface area contributed by atoms with Crippen LogP contribution < -0.4 is 15.2 Å². The van der Waals surface area contributed by atoms with E-state index in [1.807, 2.05) is 26.0 Å². The Labute approximate surface area is 128 Å². The molecule has 2 rings (SSSR count). The van der Waals surface area contributed by atoms with E-state index in [-0.39, 0.29) is 6.10 Å². The predicted molar refractivity (Wildman–Crippen MR) is 80.6 cm³/mol. The third kappa shape index (κ3) is 4.00. The molecule has 22 heavy (non-hydrogen) atoms. The first kappa shape index (κ1) is 15.9. The number of ether oxygens (including phenoxy) is 3. The minimum atomic E-state index is -0.698. The topological polar surface area (TPSA) is 87.9 Å². The molecule has 0 aromatic heterocycles. The van der Waals surface area contributed by atoms with Gasteiger partial charge >= 0.3 is 5.97 Å². The van der Waals surface area contributed by atoms with Crippen LogP contribution in [0.3, 0.4) is 0 Å². The molecule has 6 nitrogen and oxygen atoms in total. The second kappa shape index (κ2) is 6.98. The Morgan fingerprint density at radius 2 is 2.23 bits per heavy atom. The summed E-state index contributed by atoms with van der Waals surface area (Å²) < 4.78 is 16.0. The highest BCUT2D eigenvalue weighted by Gasteiger charge is 2.21. The summed E-state index contributed by atoms with van der Waals surface area (Å²) in [7, 11) is 0. The van der Waals surface area contributed by atoms with Crippen molar-refractivity contribution >= 4 is 18.0 Å². The van der Waals surface area contributed by atoms with E-state index in [0.29, 0.717) is 17.9 Å². The summed E-state index contributed by atoms with van der Waals surface area (Å²) in [5, 5.41) is 0. The van der Waals surface area contributed by atoms with Crippen molar-refractivity contribution in [1.82, 2.24) is 0 Å². The molecule has 1 amide bonds. The molecule has 1 aromatic rings. The summed E-state index contributed by atoms with van der Waals surface area (Å²) in [5.74, 6) is 0.131. The van der Waals surface area contributed by atoms with Crippen LogP contribution in [0.25, 0.3) is 6.08 Å². The number of esters is 1. The van der Waals surface area contributed by atoms with Crippen molar-refractivity contribution in [3.8, 4) is 11.5 Å². The van der Waals surface area contributed by atoms with Gasteiger partial charge in [0.2, 0.25) is 0 Å². The molecule has 1 aliphatic rings. The lowest BCUT2D eigenvalue weighted by atomic mass is 10.1. The molecule has 118 valence electrons. The highest BCUT2D eigenvalue weighted by molar-refractivity contribution is 5.89. The quantitative estimate of drug-likeness (QED) is 0.635. The van der Waals surface area contributed by atoms with Crippen molar-refractivity contribution in [2.75, 3.05) is 13.2 Å². The number of hydrogen-bond donors (Lipinski definition) is 1. The SMILES string of the molecule is CCOc1cc2c(cc1/C=C/C(=O)OCC(N)=O)O[C@@H](C)C2. The van der Waals surface area contributed by atoms with Crippen molar-refractivity contribution in [2.45, 2.75) is 26.4 Å². The van der Waals surface area contributed by atoms with Gasteiger partial charge in [0.1, 0.15) is 17.6 Å². The van der Waals surface area contributed by atoms with Gasteiger partial charge in [-0.3, -0.25) is 4.79 Å². The Kier molecular flexibility index (Phi) is 5.04. The van der Waals surface area contributed by atoms with Crippen LogP contribution in [-0.2, 0) is 20.7 Å². The number of primary amides is 1. The van der Waals surface area contributed by atoms with Gasteiger partial charge in [0, 0.05) is 23.6 Å². The molecular formula is C16H19NO5. The van der Waals surface area contributed by atoms with Crippen LogP contribution in [-0.4, -0.2) is 31.2 Å². The monoisotopic (exact) mass is 305 g/mol. The molecule has 0 saturated carbocycles. The minimum absolute atomic E-state index is 0.129. The van der Waals surface area contributed by atoms with E-state index in [0.717, 1.165) is 17.7 Å². The van der Waals surface area contributed by atoms with Gasteiger partial charge in [0.15, 0.2) is 6.61 Å². The molecule has 0 spiro atoms. The molecule has 1 heterocycles. The van der Waals surface area contributed by atoms with Gasteiger partial charge in [-0.2, -0.15) is 0 Å². The molecule has 0 bridgehead atoms. The number of amides is 1. The maximum atomic E-state index is 11.5. The summed E-state index contributed by atoms with van der Waals surface area (Å²) >= 11 is 0. The van der Waals surface area contributed by atoms with Gasteiger partial charge in [-0.25, -0.2) is 4.79 Å². The Morgan fingerprint density at radius 1 is 1.45 bits per heavy atom. The number of carbonyl (C=O) groups excluding carboxylic acids is 2. The molecule has 6 heteroatoms. The molecule has 1 atom stereocenters. The van der Waals surface area contributed by atoms with Gasteiger partial charge in [-0.1, -0.05) is 0 Å². The lowest BCUT2D eigenvalue weighted by molar-refractivity contribution is -0.142. The third-order valence-electron chi connectivity index (χ3n) is 3.08. The molecule has 1 aromatic carbocycles. The zero-order valence-corrected chi connectivity index (χ0v) is 12.6. The zero-order valence-electron chi connectivity index (χ0n) is 12.6. The van der Waals surface area contributed by atoms with Crippen molar-refractivity contribution in [3.05, 3.63) is 29.3 Å². The summed E-state index contributed by atoms with van der Waals surface area (Å²) in [5.41, 5.74) is 6.71. The van der Waals surface area contributed by atoms with E-state index >= 15 is 0 Å². The molecule has 2 N–H and O–H groups in total. The summed E-state index contributed by atoms with van der Waals surface area (Å²) in [4.78, 5) is 22.0. The Bertz CT molecular complexity index is 609. The van der Waals surface area contributed by atoms with Crippen LogP contribution in [0.15, 0.2) is 18.2 Å². The number of rotatable bonds is 6. The average Bonchev–Trinajstić information content (AvgIpc) is 2.82. The molecule has 0 unspecified atom stereocenters. The first-order chi connectivity index (χ1) is 10.5. The van der Waals surface area contributed by atoms with Gasteiger partial charge in [-0.15, -0.1) is 0 Å². The zero-order chi connectivity index (χ0) is 16.1. The molecule has 0 fully saturated rings. The van der Waals surface area contributed by atoms with Crippen molar-refractivity contribution in [2.24, 2.45) is 5.73 Å². The molecule has 0 saturated heterocycles. The largest absolute Gasteiger partial charge is 0.493 e. The van der Waals surface area contributed by atoms with E-state index in [4.69, 9.17) is 15.2 Å².